The summed E-state index contributed by atoms with van der Waals surface area (Å²) in [6.45, 7) is 6.39. The first-order chi connectivity index (χ1) is 8.51. The summed E-state index contributed by atoms with van der Waals surface area (Å²) in [5.41, 5.74) is 0.251. The molecule has 1 N–H and O–H groups in total. The Morgan fingerprint density at radius 2 is 2.28 bits per heavy atom. The zero-order valence-corrected chi connectivity index (χ0v) is 10.00. The van der Waals surface area contributed by atoms with Crippen LogP contribution in [-0.4, -0.2) is 29.1 Å². The number of anilines is 1. The minimum atomic E-state index is -1.11. The lowest BCUT2D eigenvalue weighted by atomic mass is 10.1. The number of carbonyl (C=O) groups is 1. The number of nitro benzene ring substituents is 1. The molecule has 0 saturated carbocycles. The SMILES string of the molecule is C=CCN(CC)c1cc([N+](=O)[O-])ccc1C(=O)O. The molecule has 96 valence electrons. The largest absolute Gasteiger partial charge is 0.478 e. The molecule has 6 nitrogen and oxygen atoms in total. The van der Waals surface area contributed by atoms with Crippen molar-refractivity contribution >= 4 is 17.3 Å². The lowest BCUT2D eigenvalue weighted by molar-refractivity contribution is -0.384. The second-order valence-corrected chi connectivity index (χ2v) is 3.59. The van der Waals surface area contributed by atoms with E-state index in [1.54, 1.807) is 11.0 Å². The van der Waals surface area contributed by atoms with E-state index in [1.807, 2.05) is 6.92 Å². The van der Waals surface area contributed by atoms with Crippen LogP contribution in [-0.2, 0) is 0 Å². The van der Waals surface area contributed by atoms with Crippen molar-refractivity contribution in [1.82, 2.24) is 0 Å². The van der Waals surface area contributed by atoms with E-state index in [2.05, 4.69) is 6.58 Å². The number of nitrogens with zero attached hydrogens (tertiary/aromatic N) is 2. The number of hydrogen-bond acceptors (Lipinski definition) is 4. The van der Waals surface area contributed by atoms with Gasteiger partial charge in [-0.15, -0.1) is 6.58 Å². The molecule has 0 bridgehead atoms. The standard InChI is InChI=1S/C12H14N2O4/c1-3-7-13(4-2)11-8-9(14(17)18)5-6-10(11)12(15)16/h3,5-6,8H,1,4,7H2,2H3,(H,15,16). The van der Waals surface area contributed by atoms with Crippen molar-refractivity contribution < 1.29 is 14.8 Å². The first kappa shape index (κ1) is 13.7. The summed E-state index contributed by atoms with van der Waals surface area (Å²) >= 11 is 0. The number of carboxylic acid groups (broad SMARTS) is 1. The molecular weight excluding hydrogens is 236 g/mol. The Labute approximate surface area is 104 Å². The third kappa shape index (κ3) is 2.85. The molecule has 0 saturated heterocycles. The third-order valence-corrected chi connectivity index (χ3v) is 2.49. The first-order valence-corrected chi connectivity index (χ1v) is 5.38. The molecule has 0 fully saturated rings. The Kier molecular flexibility index (Phi) is 4.42. The van der Waals surface area contributed by atoms with Crippen LogP contribution in [0.1, 0.15) is 17.3 Å². The normalized spacial score (nSPS) is 9.83. The lowest BCUT2D eigenvalue weighted by Crippen LogP contribution is -2.24. The molecule has 0 aromatic heterocycles. The van der Waals surface area contributed by atoms with Crippen molar-refractivity contribution in [2.75, 3.05) is 18.0 Å². The fourth-order valence-corrected chi connectivity index (χ4v) is 1.63. The van der Waals surface area contributed by atoms with E-state index in [9.17, 15) is 14.9 Å². The van der Waals surface area contributed by atoms with Crippen molar-refractivity contribution in [2.24, 2.45) is 0 Å². The molecule has 0 aliphatic carbocycles. The van der Waals surface area contributed by atoms with Gasteiger partial charge in [-0.25, -0.2) is 4.79 Å². The zero-order chi connectivity index (χ0) is 13.7. The molecular formula is C12H14N2O4. The van der Waals surface area contributed by atoms with E-state index < -0.39 is 10.9 Å². The minimum absolute atomic E-state index is 0.0456. The van der Waals surface area contributed by atoms with Crippen LogP contribution in [0.15, 0.2) is 30.9 Å². The molecule has 1 rings (SSSR count). The third-order valence-electron chi connectivity index (χ3n) is 2.49. The maximum Gasteiger partial charge on any atom is 0.337 e. The molecule has 6 heteroatoms. The van der Waals surface area contributed by atoms with Crippen molar-refractivity contribution in [1.29, 1.82) is 0 Å². The Bertz CT molecular complexity index is 485. The van der Waals surface area contributed by atoms with Gasteiger partial charge < -0.3 is 10.0 Å². The van der Waals surface area contributed by atoms with E-state index in [-0.39, 0.29) is 11.3 Å². The number of aromatic carboxylic acids is 1. The zero-order valence-electron chi connectivity index (χ0n) is 10.00. The van der Waals surface area contributed by atoms with Gasteiger partial charge in [0.2, 0.25) is 0 Å². The average molecular weight is 250 g/mol. The van der Waals surface area contributed by atoms with Crippen LogP contribution < -0.4 is 4.90 Å². The van der Waals surface area contributed by atoms with Crippen molar-refractivity contribution in [2.45, 2.75) is 6.92 Å². The molecule has 1 aromatic carbocycles. The van der Waals surface area contributed by atoms with Crippen LogP contribution in [0.5, 0.6) is 0 Å². The summed E-state index contributed by atoms with van der Waals surface area (Å²) in [5.74, 6) is -1.11. The monoisotopic (exact) mass is 250 g/mol. The van der Waals surface area contributed by atoms with E-state index in [4.69, 9.17) is 5.11 Å². The molecule has 0 radical (unpaired) electrons. The molecule has 0 unspecified atom stereocenters. The number of benzene rings is 1. The molecule has 0 aliphatic heterocycles. The van der Waals surface area contributed by atoms with Crippen LogP contribution in [0.3, 0.4) is 0 Å². The van der Waals surface area contributed by atoms with Crippen LogP contribution in [0.25, 0.3) is 0 Å². The van der Waals surface area contributed by atoms with Crippen LogP contribution in [0.2, 0.25) is 0 Å². The van der Waals surface area contributed by atoms with Gasteiger partial charge in [-0.3, -0.25) is 10.1 Å². The highest BCUT2D eigenvalue weighted by molar-refractivity contribution is 5.95. The molecule has 18 heavy (non-hydrogen) atoms. The molecule has 0 spiro atoms. The number of likely N-dealkylation sites (N-methyl/N-ethyl adjacent to an activating group) is 1. The van der Waals surface area contributed by atoms with Gasteiger partial charge in [-0.2, -0.15) is 0 Å². The van der Waals surface area contributed by atoms with Gasteiger partial charge in [0.25, 0.3) is 5.69 Å². The van der Waals surface area contributed by atoms with E-state index in [0.29, 0.717) is 18.8 Å². The van der Waals surface area contributed by atoms with Crippen molar-refractivity contribution in [3.63, 3.8) is 0 Å². The number of non-ortho nitro benzene ring substituents is 1. The fraction of sp³-hybridized carbons (Fsp3) is 0.250. The van der Waals surface area contributed by atoms with Gasteiger partial charge >= 0.3 is 5.97 Å². The predicted molar refractivity (Wildman–Crippen MR) is 68.1 cm³/mol. The van der Waals surface area contributed by atoms with Gasteiger partial charge in [-0.1, -0.05) is 6.08 Å². The maximum atomic E-state index is 11.1. The predicted octanol–water partition coefficient (Wildman–Crippen LogP) is 2.31. The van der Waals surface area contributed by atoms with E-state index >= 15 is 0 Å². The Morgan fingerprint density at radius 3 is 2.72 bits per heavy atom. The molecule has 0 aliphatic rings. The van der Waals surface area contributed by atoms with E-state index in [0.717, 1.165) is 0 Å². The van der Waals surface area contributed by atoms with Gasteiger partial charge in [0.05, 0.1) is 16.2 Å². The average Bonchev–Trinajstić information content (AvgIpc) is 2.35. The fourth-order valence-electron chi connectivity index (χ4n) is 1.63. The smallest absolute Gasteiger partial charge is 0.337 e. The van der Waals surface area contributed by atoms with Gasteiger partial charge in [0, 0.05) is 25.2 Å². The Hall–Kier alpha value is -2.37. The van der Waals surface area contributed by atoms with Gasteiger partial charge in [-0.05, 0) is 13.0 Å². The number of rotatable bonds is 6. The summed E-state index contributed by atoms with van der Waals surface area (Å²) in [4.78, 5) is 23.0. The summed E-state index contributed by atoms with van der Waals surface area (Å²) in [6.07, 6.45) is 1.62. The van der Waals surface area contributed by atoms with Crippen LogP contribution in [0, 0.1) is 10.1 Å². The number of nitro groups is 1. The van der Waals surface area contributed by atoms with E-state index in [1.165, 1.54) is 18.2 Å². The molecule has 1 aromatic rings. The first-order valence-electron chi connectivity index (χ1n) is 5.38. The lowest BCUT2D eigenvalue weighted by Gasteiger charge is -2.22. The molecule has 0 heterocycles. The topological polar surface area (TPSA) is 83.7 Å². The molecule has 0 atom stereocenters. The van der Waals surface area contributed by atoms with Crippen LogP contribution >= 0.6 is 0 Å². The van der Waals surface area contributed by atoms with Crippen molar-refractivity contribution in [3.05, 3.63) is 46.5 Å². The van der Waals surface area contributed by atoms with Gasteiger partial charge in [0.1, 0.15) is 0 Å². The van der Waals surface area contributed by atoms with Crippen LogP contribution in [0.4, 0.5) is 11.4 Å². The summed E-state index contributed by atoms with van der Waals surface area (Å²) in [5, 5.41) is 19.8. The second kappa shape index (κ2) is 5.81. The van der Waals surface area contributed by atoms with Crippen molar-refractivity contribution in [3.8, 4) is 0 Å². The quantitative estimate of drug-likeness (QED) is 0.475. The summed E-state index contributed by atoms with van der Waals surface area (Å²) < 4.78 is 0. The second-order valence-electron chi connectivity index (χ2n) is 3.59. The Balaban J connectivity index is 3.34. The summed E-state index contributed by atoms with van der Waals surface area (Å²) in [7, 11) is 0. The van der Waals surface area contributed by atoms with Gasteiger partial charge in [0.15, 0.2) is 0 Å². The number of carboxylic acids is 1. The highest BCUT2D eigenvalue weighted by Crippen LogP contribution is 2.26. The molecule has 0 amide bonds. The Morgan fingerprint density at radius 1 is 1.61 bits per heavy atom. The maximum absolute atomic E-state index is 11.1. The highest BCUT2D eigenvalue weighted by Gasteiger charge is 2.18. The number of hydrogen-bond donors (Lipinski definition) is 1. The summed E-state index contributed by atoms with van der Waals surface area (Å²) in [6, 6.07) is 3.71. The minimum Gasteiger partial charge on any atom is -0.478 e. The highest BCUT2D eigenvalue weighted by atomic mass is 16.6.